The molecule has 0 aliphatic carbocycles. The number of nitrogens with one attached hydrogen (secondary N) is 2. The fourth-order valence-corrected chi connectivity index (χ4v) is 3.51. The molecule has 148 valence electrons. The van der Waals surface area contributed by atoms with Crippen molar-refractivity contribution in [3.05, 3.63) is 59.7 Å². The lowest BCUT2D eigenvalue weighted by Gasteiger charge is -2.34. The first-order chi connectivity index (χ1) is 13.8. The Hall–Kier alpha value is -2.77. The molecular weight excluding hydrogens is 358 g/mol. The summed E-state index contributed by atoms with van der Waals surface area (Å²) in [5.74, 6) is 1.46. The number of benzene rings is 2. The Balaban J connectivity index is 1.32. The molecule has 2 aliphatic heterocycles. The van der Waals surface area contributed by atoms with Crippen LogP contribution < -0.4 is 20.1 Å². The average molecular weight is 383 g/mol. The predicted octanol–water partition coefficient (Wildman–Crippen LogP) is 2.29. The topological polar surface area (TPSA) is 72.1 Å². The molecule has 0 saturated carbocycles. The molecule has 0 bridgehead atoms. The van der Waals surface area contributed by atoms with E-state index in [2.05, 4.69) is 27.7 Å². The molecule has 0 radical (unpaired) electrons. The molecule has 0 unspecified atom stereocenters. The maximum atomic E-state index is 12.3. The lowest BCUT2D eigenvalue weighted by atomic mass is 10.0. The van der Waals surface area contributed by atoms with E-state index in [0.717, 1.165) is 43.4 Å². The van der Waals surface area contributed by atoms with Gasteiger partial charge in [-0.25, -0.2) is 4.79 Å². The fraction of sp³-hybridized carbons (Fsp3) is 0.381. The Morgan fingerprint density at radius 2 is 1.79 bits per heavy atom. The zero-order chi connectivity index (χ0) is 19.2. The zero-order valence-electron chi connectivity index (χ0n) is 15.7. The molecule has 0 spiro atoms. The second-order valence-corrected chi connectivity index (χ2v) is 6.83. The largest absolute Gasteiger partial charge is 0.454 e. The quantitative estimate of drug-likeness (QED) is 0.801. The molecule has 0 aromatic heterocycles. The SMILES string of the molecule is O=C(NCc1ccc2c(c1)OCO2)NC[C@@H](c1ccccc1)N1CCOCC1. The van der Waals surface area contributed by atoms with Crippen LogP contribution in [0.2, 0.25) is 0 Å². The van der Waals surface area contributed by atoms with Gasteiger partial charge in [-0.1, -0.05) is 36.4 Å². The first-order valence-corrected chi connectivity index (χ1v) is 9.56. The smallest absolute Gasteiger partial charge is 0.315 e. The minimum atomic E-state index is -0.188. The summed E-state index contributed by atoms with van der Waals surface area (Å²) in [7, 11) is 0. The van der Waals surface area contributed by atoms with E-state index in [1.54, 1.807) is 0 Å². The molecule has 1 fully saturated rings. The molecule has 28 heavy (non-hydrogen) atoms. The van der Waals surface area contributed by atoms with Gasteiger partial charge < -0.3 is 24.8 Å². The number of nitrogens with zero attached hydrogens (tertiary/aromatic N) is 1. The fourth-order valence-electron chi connectivity index (χ4n) is 3.51. The Labute approximate surface area is 164 Å². The first kappa shape index (κ1) is 18.6. The van der Waals surface area contributed by atoms with Gasteiger partial charge in [-0.3, -0.25) is 4.90 Å². The number of urea groups is 1. The van der Waals surface area contributed by atoms with Gasteiger partial charge in [0.25, 0.3) is 0 Å². The van der Waals surface area contributed by atoms with Crippen LogP contribution in [-0.4, -0.2) is 50.6 Å². The van der Waals surface area contributed by atoms with E-state index in [9.17, 15) is 4.79 Å². The first-order valence-electron chi connectivity index (χ1n) is 9.56. The van der Waals surface area contributed by atoms with Crippen molar-refractivity contribution in [2.75, 3.05) is 39.6 Å². The van der Waals surface area contributed by atoms with E-state index in [4.69, 9.17) is 14.2 Å². The molecule has 2 aromatic rings. The monoisotopic (exact) mass is 383 g/mol. The molecule has 2 aliphatic rings. The van der Waals surface area contributed by atoms with Crippen LogP contribution >= 0.6 is 0 Å². The van der Waals surface area contributed by atoms with Gasteiger partial charge in [0.05, 0.1) is 19.3 Å². The molecule has 1 saturated heterocycles. The summed E-state index contributed by atoms with van der Waals surface area (Å²) in [6.45, 7) is 4.38. The number of hydrogen-bond donors (Lipinski definition) is 2. The molecule has 2 amide bonds. The number of rotatable bonds is 6. The van der Waals surface area contributed by atoms with E-state index >= 15 is 0 Å². The zero-order valence-corrected chi connectivity index (χ0v) is 15.7. The molecule has 4 rings (SSSR count). The van der Waals surface area contributed by atoms with Gasteiger partial charge in [0.15, 0.2) is 11.5 Å². The lowest BCUT2D eigenvalue weighted by molar-refractivity contribution is 0.0167. The molecule has 7 heteroatoms. The molecule has 2 aromatic carbocycles. The van der Waals surface area contributed by atoms with E-state index in [1.807, 2.05) is 36.4 Å². The van der Waals surface area contributed by atoms with Crippen LogP contribution in [0.15, 0.2) is 48.5 Å². The van der Waals surface area contributed by atoms with Crippen LogP contribution in [0.4, 0.5) is 4.79 Å². The van der Waals surface area contributed by atoms with E-state index in [1.165, 1.54) is 5.56 Å². The normalized spacial score (nSPS) is 17.1. The Kier molecular flexibility index (Phi) is 5.94. The number of fused-ring (bicyclic) bond motifs is 1. The molecule has 2 N–H and O–H groups in total. The second-order valence-electron chi connectivity index (χ2n) is 6.83. The van der Waals surface area contributed by atoms with Crippen molar-refractivity contribution in [2.45, 2.75) is 12.6 Å². The van der Waals surface area contributed by atoms with Gasteiger partial charge in [-0.05, 0) is 23.3 Å². The van der Waals surface area contributed by atoms with Crippen LogP contribution in [0.5, 0.6) is 11.5 Å². The Morgan fingerprint density at radius 1 is 1.00 bits per heavy atom. The van der Waals surface area contributed by atoms with Gasteiger partial charge in [0.2, 0.25) is 6.79 Å². The predicted molar refractivity (Wildman–Crippen MR) is 104 cm³/mol. The van der Waals surface area contributed by atoms with Crippen molar-refractivity contribution < 1.29 is 19.0 Å². The summed E-state index contributed by atoms with van der Waals surface area (Å²) >= 11 is 0. The Bertz CT molecular complexity index is 793. The van der Waals surface area contributed by atoms with Gasteiger partial charge in [-0.2, -0.15) is 0 Å². The van der Waals surface area contributed by atoms with Gasteiger partial charge in [-0.15, -0.1) is 0 Å². The van der Waals surface area contributed by atoms with Crippen LogP contribution in [0.1, 0.15) is 17.2 Å². The van der Waals surface area contributed by atoms with Crippen LogP contribution in [0.3, 0.4) is 0 Å². The molecular formula is C21H25N3O4. The number of hydrogen-bond acceptors (Lipinski definition) is 5. The molecule has 1 atom stereocenters. The maximum Gasteiger partial charge on any atom is 0.315 e. The number of carbonyl (C=O) groups is 1. The summed E-state index contributed by atoms with van der Waals surface area (Å²) in [5, 5.41) is 5.92. The second kappa shape index (κ2) is 8.95. The van der Waals surface area contributed by atoms with Gasteiger partial charge >= 0.3 is 6.03 Å². The standard InChI is InChI=1S/C21H25N3O4/c25-21(22-13-16-6-7-19-20(12-16)28-15-27-19)23-14-18(17-4-2-1-3-5-17)24-8-10-26-11-9-24/h1-7,12,18H,8-11,13-15H2,(H2,22,23,25)/t18-/m0/s1. The van der Waals surface area contributed by atoms with Crippen LogP contribution in [0.25, 0.3) is 0 Å². The summed E-state index contributed by atoms with van der Waals surface area (Å²) in [6, 6.07) is 15.9. The number of amides is 2. The third kappa shape index (κ3) is 4.55. The van der Waals surface area contributed by atoms with Crippen molar-refractivity contribution in [1.29, 1.82) is 0 Å². The van der Waals surface area contributed by atoms with Gasteiger partial charge in [0, 0.05) is 26.2 Å². The highest BCUT2D eigenvalue weighted by Gasteiger charge is 2.23. The molecule has 2 heterocycles. The maximum absolute atomic E-state index is 12.3. The van der Waals surface area contributed by atoms with Crippen molar-refractivity contribution in [3.8, 4) is 11.5 Å². The third-order valence-corrected chi connectivity index (χ3v) is 5.02. The van der Waals surface area contributed by atoms with E-state index in [-0.39, 0.29) is 18.9 Å². The molecule has 7 nitrogen and oxygen atoms in total. The summed E-state index contributed by atoms with van der Waals surface area (Å²) < 4.78 is 16.2. The number of carbonyl (C=O) groups excluding carboxylic acids is 1. The van der Waals surface area contributed by atoms with E-state index in [0.29, 0.717) is 13.1 Å². The van der Waals surface area contributed by atoms with E-state index < -0.39 is 0 Å². The summed E-state index contributed by atoms with van der Waals surface area (Å²) in [4.78, 5) is 14.7. The number of morpholine rings is 1. The third-order valence-electron chi connectivity index (χ3n) is 5.02. The lowest BCUT2D eigenvalue weighted by Crippen LogP contribution is -2.45. The van der Waals surface area contributed by atoms with Crippen molar-refractivity contribution in [2.24, 2.45) is 0 Å². The minimum Gasteiger partial charge on any atom is -0.454 e. The average Bonchev–Trinajstić information content (AvgIpc) is 3.22. The highest BCUT2D eigenvalue weighted by Crippen LogP contribution is 2.32. The van der Waals surface area contributed by atoms with Crippen molar-refractivity contribution in [1.82, 2.24) is 15.5 Å². The highest BCUT2D eigenvalue weighted by atomic mass is 16.7. The van der Waals surface area contributed by atoms with Crippen LogP contribution in [-0.2, 0) is 11.3 Å². The van der Waals surface area contributed by atoms with Gasteiger partial charge in [0.1, 0.15) is 0 Å². The highest BCUT2D eigenvalue weighted by molar-refractivity contribution is 5.73. The van der Waals surface area contributed by atoms with Crippen molar-refractivity contribution in [3.63, 3.8) is 0 Å². The summed E-state index contributed by atoms with van der Waals surface area (Å²) in [6.07, 6.45) is 0. The number of ether oxygens (including phenoxy) is 3. The van der Waals surface area contributed by atoms with Crippen LogP contribution in [0, 0.1) is 0 Å². The van der Waals surface area contributed by atoms with Crippen molar-refractivity contribution >= 4 is 6.03 Å². The minimum absolute atomic E-state index is 0.126. The summed E-state index contributed by atoms with van der Waals surface area (Å²) in [5.41, 5.74) is 2.16. The Morgan fingerprint density at radius 3 is 2.61 bits per heavy atom.